The van der Waals surface area contributed by atoms with Crippen LogP contribution in [0.25, 0.3) is 0 Å². The van der Waals surface area contributed by atoms with E-state index in [-0.39, 0.29) is 38.6 Å². The molecule has 0 aliphatic heterocycles. The van der Waals surface area contributed by atoms with Crippen molar-refractivity contribution in [2.75, 3.05) is 26.4 Å². The van der Waals surface area contributed by atoms with Gasteiger partial charge in [0.05, 0.1) is 13.2 Å². The summed E-state index contributed by atoms with van der Waals surface area (Å²) in [6.07, 6.45) is 27.0. The summed E-state index contributed by atoms with van der Waals surface area (Å²) in [5.74, 6) is -0.822. The topological polar surface area (TPSA) is 134 Å². The van der Waals surface area contributed by atoms with E-state index in [0.717, 1.165) is 32.1 Å². The van der Waals surface area contributed by atoms with Crippen LogP contribution in [0.2, 0.25) is 0 Å². The van der Waals surface area contributed by atoms with Gasteiger partial charge in [0.2, 0.25) is 0 Å². The molecule has 0 aliphatic carbocycles. The average Bonchev–Trinajstić information content (AvgIpc) is 3.00. The molecule has 0 amide bonds. The third-order valence-electron chi connectivity index (χ3n) is 7.74. The summed E-state index contributed by atoms with van der Waals surface area (Å²) in [7, 11) is -4.36. The minimum absolute atomic E-state index is 0.0576. The summed E-state index contributed by atoms with van der Waals surface area (Å²) < 4.78 is 32.6. The summed E-state index contributed by atoms with van der Waals surface area (Å²) in [4.78, 5) is 34.6. The minimum Gasteiger partial charge on any atom is -0.462 e. The van der Waals surface area contributed by atoms with Crippen molar-refractivity contribution in [3.63, 3.8) is 0 Å². The lowest BCUT2D eigenvalue weighted by Gasteiger charge is -2.19. The summed E-state index contributed by atoms with van der Waals surface area (Å²) in [6, 6.07) is 0. The van der Waals surface area contributed by atoms with Crippen LogP contribution in [0, 0.1) is 0 Å². The molecule has 0 fully saturated rings. The number of hydrogen-bond donors (Lipinski definition) is 2. The van der Waals surface area contributed by atoms with Crippen LogP contribution in [0.5, 0.6) is 0 Å². The fraction of sp³-hybridized carbons (Fsp3) is 0.941. The molecular weight excluding hydrogens is 581 g/mol. The molecule has 0 saturated heterocycles. The second-order valence-corrected chi connectivity index (χ2v) is 13.6. The highest BCUT2D eigenvalue weighted by molar-refractivity contribution is 7.47. The quantitative estimate of drug-likeness (QED) is 0.0397. The van der Waals surface area contributed by atoms with E-state index in [9.17, 15) is 19.0 Å². The molecule has 2 atom stereocenters. The first-order chi connectivity index (χ1) is 21.3. The first-order valence-corrected chi connectivity index (χ1v) is 19.5. The van der Waals surface area contributed by atoms with Gasteiger partial charge in [-0.15, -0.1) is 0 Å². The largest absolute Gasteiger partial charge is 0.472 e. The molecule has 0 aromatic heterocycles. The van der Waals surface area contributed by atoms with Gasteiger partial charge < -0.3 is 20.1 Å². The number of hydrogen-bond acceptors (Lipinski definition) is 8. The van der Waals surface area contributed by atoms with Gasteiger partial charge in [0.1, 0.15) is 6.61 Å². The second-order valence-electron chi connectivity index (χ2n) is 12.1. The van der Waals surface area contributed by atoms with Crippen molar-refractivity contribution in [3.8, 4) is 0 Å². The molecule has 0 bridgehead atoms. The number of nitrogens with two attached hydrogens (primary N) is 1. The van der Waals surface area contributed by atoms with E-state index in [1.54, 1.807) is 0 Å². The van der Waals surface area contributed by atoms with E-state index in [0.29, 0.717) is 6.42 Å². The SMILES string of the molecule is CCCCCCCCCCCCCCC(=O)O[C@@H](COC(=O)CCCCCCCCCCCCC)COP(=O)(O)OCCN. The maximum atomic E-state index is 12.5. The molecule has 0 heterocycles. The highest BCUT2D eigenvalue weighted by Crippen LogP contribution is 2.43. The maximum absolute atomic E-state index is 12.5. The predicted molar refractivity (Wildman–Crippen MR) is 178 cm³/mol. The maximum Gasteiger partial charge on any atom is 0.472 e. The number of rotatable bonds is 34. The van der Waals surface area contributed by atoms with E-state index in [1.165, 1.54) is 109 Å². The van der Waals surface area contributed by atoms with Crippen LogP contribution in [0.3, 0.4) is 0 Å². The van der Waals surface area contributed by atoms with Crippen LogP contribution in [-0.4, -0.2) is 49.3 Å². The second kappa shape index (κ2) is 32.0. The Morgan fingerprint density at radius 3 is 1.39 bits per heavy atom. The van der Waals surface area contributed by atoms with Crippen molar-refractivity contribution >= 4 is 19.8 Å². The number of esters is 2. The fourth-order valence-electron chi connectivity index (χ4n) is 5.05. The molecule has 0 radical (unpaired) electrons. The number of unbranched alkanes of at least 4 members (excludes halogenated alkanes) is 21. The highest BCUT2D eigenvalue weighted by Gasteiger charge is 2.25. The van der Waals surface area contributed by atoms with Crippen LogP contribution in [0.4, 0.5) is 0 Å². The molecule has 0 rings (SSSR count). The van der Waals surface area contributed by atoms with E-state index in [1.807, 2.05) is 0 Å². The smallest absolute Gasteiger partial charge is 0.462 e. The molecule has 0 saturated carbocycles. The van der Waals surface area contributed by atoms with Crippen molar-refractivity contribution < 1.29 is 37.6 Å². The van der Waals surface area contributed by atoms with Crippen LogP contribution in [-0.2, 0) is 32.7 Å². The van der Waals surface area contributed by atoms with Gasteiger partial charge in [-0.2, -0.15) is 0 Å². The monoisotopic (exact) mass is 649 g/mol. The van der Waals surface area contributed by atoms with Gasteiger partial charge in [0.15, 0.2) is 6.10 Å². The summed E-state index contributed by atoms with van der Waals surface area (Å²) in [6.45, 7) is 3.72. The van der Waals surface area contributed by atoms with E-state index >= 15 is 0 Å². The van der Waals surface area contributed by atoms with Gasteiger partial charge in [-0.1, -0.05) is 149 Å². The lowest BCUT2D eigenvalue weighted by Crippen LogP contribution is -2.29. The van der Waals surface area contributed by atoms with Crippen molar-refractivity contribution in [2.45, 2.75) is 180 Å². The Morgan fingerprint density at radius 2 is 0.977 bits per heavy atom. The summed E-state index contributed by atoms with van der Waals surface area (Å²) >= 11 is 0. The first kappa shape index (κ1) is 43.0. The molecule has 9 nitrogen and oxygen atoms in total. The van der Waals surface area contributed by atoms with E-state index in [2.05, 4.69) is 13.8 Å². The molecule has 0 aromatic rings. The van der Waals surface area contributed by atoms with Crippen molar-refractivity contribution in [2.24, 2.45) is 5.73 Å². The molecule has 1 unspecified atom stereocenters. The first-order valence-electron chi connectivity index (χ1n) is 18.0. The lowest BCUT2D eigenvalue weighted by molar-refractivity contribution is -0.161. The lowest BCUT2D eigenvalue weighted by atomic mass is 10.0. The Balaban J connectivity index is 4.23. The molecule has 0 aromatic carbocycles. The van der Waals surface area contributed by atoms with Crippen LogP contribution in [0.15, 0.2) is 0 Å². The van der Waals surface area contributed by atoms with Gasteiger partial charge in [0.25, 0.3) is 0 Å². The van der Waals surface area contributed by atoms with Crippen molar-refractivity contribution in [1.82, 2.24) is 0 Å². The Hall–Kier alpha value is -0.990. The minimum atomic E-state index is -4.36. The number of phosphoric acid groups is 1. The Kier molecular flexibility index (Phi) is 31.3. The van der Waals surface area contributed by atoms with Gasteiger partial charge in [-0.25, -0.2) is 4.57 Å². The molecule has 44 heavy (non-hydrogen) atoms. The zero-order valence-corrected chi connectivity index (χ0v) is 29.3. The van der Waals surface area contributed by atoms with Crippen LogP contribution in [0.1, 0.15) is 174 Å². The highest BCUT2D eigenvalue weighted by atomic mass is 31.2. The summed E-state index contributed by atoms with van der Waals surface area (Å²) in [5, 5.41) is 0. The molecule has 262 valence electrons. The number of ether oxygens (including phenoxy) is 2. The third-order valence-corrected chi connectivity index (χ3v) is 8.73. The number of carbonyl (C=O) groups is 2. The average molecular weight is 650 g/mol. The van der Waals surface area contributed by atoms with Gasteiger partial charge in [0, 0.05) is 19.4 Å². The fourth-order valence-corrected chi connectivity index (χ4v) is 5.81. The van der Waals surface area contributed by atoms with Crippen molar-refractivity contribution in [3.05, 3.63) is 0 Å². The number of phosphoric ester groups is 1. The zero-order chi connectivity index (χ0) is 32.6. The predicted octanol–water partition coefficient (Wildman–Crippen LogP) is 9.33. The van der Waals surface area contributed by atoms with Crippen LogP contribution < -0.4 is 5.73 Å². The molecule has 0 spiro atoms. The standard InChI is InChI=1S/C34H68NO8P/c1-3-5-7-9-11-13-15-17-19-21-23-25-27-34(37)43-32(31-42-44(38,39)41-29-28-35)30-40-33(36)26-24-22-20-18-16-14-12-10-8-6-4-2/h32H,3-31,35H2,1-2H3,(H,38,39)/t32-/m0/s1. The molecular formula is C34H68NO8P. The molecule has 10 heteroatoms. The van der Waals surface area contributed by atoms with Gasteiger partial charge >= 0.3 is 19.8 Å². The molecule has 0 aliphatic rings. The van der Waals surface area contributed by atoms with E-state index < -0.39 is 26.5 Å². The Labute approximate surface area is 269 Å². The van der Waals surface area contributed by atoms with Crippen LogP contribution >= 0.6 is 7.82 Å². The Morgan fingerprint density at radius 1 is 0.591 bits per heavy atom. The summed E-state index contributed by atoms with van der Waals surface area (Å²) in [5.41, 5.74) is 5.32. The van der Waals surface area contributed by atoms with E-state index in [4.69, 9.17) is 24.3 Å². The number of carbonyl (C=O) groups excluding carboxylic acids is 2. The third kappa shape index (κ3) is 31.0. The Bertz CT molecular complexity index is 709. The normalized spacial score (nSPS) is 13.5. The van der Waals surface area contributed by atoms with Gasteiger partial charge in [-0.05, 0) is 12.8 Å². The van der Waals surface area contributed by atoms with Gasteiger partial charge in [-0.3, -0.25) is 18.6 Å². The van der Waals surface area contributed by atoms with Crippen molar-refractivity contribution in [1.29, 1.82) is 0 Å². The molecule has 3 N–H and O–H groups in total. The zero-order valence-electron chi connectivity index (χ0n) is 28.4.